The molecule has 128 valence electrons. The van der Waals surface area contributed by atoms with Gasteiger partial charge >= 0.3 is 5.97 Å². The fraction of sp³-hybridized carbons (Fsp3) is 0.538. The molecule has 1 aromatic heterocycles. The van der Waals surface area contributed by atoms with Crippen LogP contribution in [0.2, 0.25) is 5.15 Å². The molecule has 0 amide bonds. The van der Waals surface area contributed by atoms with E-state index in [1.807, 2.05) is 4.90 Å². The van der Waals surface area contributed by atoms with E-state index in [0.717, 1.165) is 0 Å². The zero-order valence-corrected chi connectivity index (χ0v) is 15.7. The Morgan fingerprint density at radius 2 is 2.04 bits per heavy atom. The average molecular weight is 427 g/mol. The van der Waals surface area contributed by atoms with Gasteiger partial charge < -0.3 is 4.74 Å². The molecule has 1 fully saturated rings. The Morgan fingerprint density at radius 1 is 1.39 bits per heavy atom. The van der Waals surface area contributed by atoms with Gasteiger partial charge in [0.15, 0.2) is 0 Å². The predicted octanol–water partition coefficient (Wildman–Crippen LogP) is 1.37. The zero-order valence-electron chi connectivity index (χ0n) is 12.5. The highest BCUT2D eigenvalue weighted by atomic mass is 79.9. The highest BCUT2D eigenvalue weighted by Gasteiger charge is 2.29. The number of nitrogens with zero attached hydrogens (tertiary/aromatic N) is 3. The van der Waals surface area contributed by atoms with Gasteiger partial charge in [-0.3, -0.25) is 9.69 Å². The largest absolute Gasteiger partial charge is 0.465 e. The number of ether oxygens (including phenoxy) is 1. The first kappa shape index (κ1) is 18.6. The van der Waals surface area contributed by atoms with Crippen LogP contribution in [0.1, 0.15) is 6.92 Å². The minimum absolute atomic E-state index is 0.0904. The van der Waals surface area contributed by atoms with Crippen LogP contribution in [-0.4, -0.2) is 67.9 Å². The maximum atomic E-state index is 12.6. The molecule has 2 heterocycles. The van der Waals surface area contributed by atoms with Crippen LogP contribution < -0.4 is 0 Å². The lowest BCUT2D eigenvalue weighted by molar-refractivity contribution is -0.144. The highest BCUT2D eigenvalue weighted by Crippen LogP contribution is 2.25. The van der Waals surface area contributed by atoms with Crippen molar-refractivity contribution in [3.8, 4) is 0 Å². The molecule has 0 N–H and O–H groups in total. The van der Waals surface area contributed by atoms with Crippen molar-refractivity contribution in [3.63, 3.8) is 0 Å². The topological polar surface area (TPSA) is 79.8 Å². The Labute approximate surface area is 148 Å². The molecule has 1 aliphatic heterocycles. The molecule has 0 saturated carbocycles. The molecule has 0 aliphatic carbocycles. The van der Waals surface area contributed by atoms with Crippen molar-refractivity contribution < 1.29 is 17.9 Å². The summed E-state index contributed by atoms with van der Waals surface area (Å²) in [5, 5.41) is 0.211. The summed E-state index contributed by atoms with van der Waals surface area (Å²) >= 11 is 8.97. The molecule has 1 aliphatic rings. The Morgan fingerprint density at radius 3 is 2.61 bits per heavy atom. The Hall–Kier alpha value is -0.740. The minimum atomic E-state index is -3.62. The second kappa shape index (κ2) is 7.89. The van der Waals surface area contributed by atoms with Gasteiger partial charge in [0.25, 0.3) is 0 Å². The van der Waals surface area contributed by atoms with Crippen molar-refractivity contribution in [1.82, 2.24) is 14.2 Å². The zero-order chi connectivity index (χ0) is 17.0. The summed E-state index contributed by atoms with van der Waals surface area (Å²) < 4.78 is 31.9. The summed E-state index contributed by atoms with van der Waals surface area (Å²) in [6.07, 6.45) is 1.24. The van der Waals surface area contributed by atoms with Crippen LogP contribution in [0, 0.1) is 0 Å². The summed E-state index contributed by atoms with van der Waals surface area (Å²) in [6, 6.07) is 1.44. The molecule has 7 nitrogen and oxygen atoms in total. The van der Waals surface area contributed by atoms with E-state index in [0.29, 0.717) is 37.3 Å². The molecule has 0 spiro atoms. The van der Waals surface area contributed by atoms with Crippen LogP contribution in [-0.2, 0) is 19.6 Å². The van der Waals surface area contributed by atoms with Gasteiger partial charge in [-0.15, -0.1) is 0 Å². The van der Waals surface area contributed by atoms with Crippen molar-refractivity contribution in [2.75, 3.05) is 39.3 Å². The number of esters is 1. The van der Waals surface area contributed by atoms with Crippen molar-refractivity contribution in [1.29, 1.82) is 0 Å². The standard InChI is InChI=1S/C13H17BrClN3O4S/c1-2-22-12(19)9-17-3-5-18(6-4-17)23(20,21)10-7-11(14)13(15)16-8-10/h7-8H,2-6,9H2,1H3. The lowest BCUT2D eigenvalue weighted by Crippen LogP contribution is -2.50. The predicted molar refractivity (Wildman–Crippen MR) is 88.8 cm³/mol. The van der Waals surface area contributed by atoms with Gasteiger partial charge in [-0.25, -0.2) is 13.4 Å². The summed E-state index contributed by atoms with van der Waals surface area (Å²) in [5.41, 5.74) is 0. The number of sulfonamides is 1. The van der Waals surface area contributed by atoms with Gasteiger partial charge in [0.2, 0.25) is 10.0 Å². The molecule has 0 atom stereocenters. The molecular weight excluding hydrogens is 410 g/mol. The number of carbonyl (C=O) groups excluding carboxylic acids is 1. The van der Waals surface area contributed by atoms with Gasteiger partial charge in [0, 0.05) is 32.4 Å². The summed E-state index contributed by atoms with van der Waals surface area (Å²) in [4.78, 5) is 17.3. The number of halogens is 2. The van der Waals surface area contributed by atoms with E-state index in [-0.39, 0.29) is 22.6 Å². The second-order valence-electron chi connectivity index (χ2n) is 4.93. The normalized spacial score (nSPS) is 17.2. The van der Waals surface area contributed by atoms with Crippen LogP contribution >= 0.6 is 27.5 Å². The average Bonchev–Trinajstić information content (AvgIpc) is 2.50. The van der Waals surface area contributed by atoms with E-state index in [4.69, 9.17) is 16.3 Å². The van der Waals surface area contributed by atoms with Crippen molar-refractivity contribution >= 4 is 43.5 Å². The Kier molecular flexibility index (Phi) is 6.38. The van der Waals surface area contributed by atoms with Crippen LogP contribution in [0.15, 0.2) is 21.6 Å². The number of rotatable bonds is 5. The molecule has 1 saturated heterocycles. The van der Waals surface area contributed by atoms with E-state index in [1.54, 1.807) is 6.92 Å². The van der Waals surface area contributed by atoms with Crippen molar-refractivity contribution in [3.05, 3.63) is 21.9 Å². The van der Waals surface area contributed by atoms with Crippen LogP contribution in [0.4, 0.5) is 0 Å². The quantitative estimate of drug-likeness (QED) is 0.522. The molecule has 0 unspecified atom stereocenters. The lowest BCUT2D eigenvalue weighted by Gasteiger charge is -2.33. The monoisotopic (exact) mass is 425 g/mol. The third-order valence-electron chi connectivity index (χ3n) is 3.40. The van der Waals surface area contributed by atoms with E-state index >= 15 is 0 Å². The highest BCUT2D eigenvalue weighted by molar-refractivity contribution is 9.10. The third-order valence-corrected chi connectivity index (χ3v) is 6.40. The molecular formula is C13H17BrClN3O4S. The van der Waals surface area contributed by atoms with Gasteiger partial charge in [-0.05, 0) is 28.9 Å². The number of hydrogen-bond donors (Lipinski definition) is 0. The fourth-order valence-corrected chi connectivity index (χ4v) is 4.21. The lowest BCUT2D eigenvalue weighted by atomic mass is 10.3. The second-order valence-corrected chi connectivity index (χ2v) is 8.08. The van der Waals surface area contributed by atoms with E-state index in [1.165, 1.54) is 16.6 Å². The molecule has 23 heavy (non-hydrogen) atoms. The third kappa shape index (κ3) is 4.63. The van der Waals surface area contributed by atoms with E-state index in [9.17, 15) is 13.2 Å². The molecule has 1 aromatic rings. The van der Waals surface area contributed by atoms with Crippen LogP contribution in [0.3, 0.4) is 0 Å². The molecule has 0 aromatic carbocycles. The Balaban J connectivity index is 2.01. The van der Waals surface area contributed by atoms with Gasteiger partial charge in [0.05, 0.1) is 17.6 Å². The SMILES string of the molecule is CCOC(=O)CN1CCN(S(=O)(=O)c2cnc(Cl)c(Br)c2)CC1. The first-order valence-electron chi connectivity index (χ1n) is 7.03. The fourth-order valence-electron chi connectivity index (χ4n) is 2.21. The summed E-state index contributed by atoms with van der Waals surface area (Å²) in [7, 11) is -3.62. The number of aromatic nitrogens is 1. The number of piperazine rings is 1. The van der Waals surface area contributed by atoms with Crippen LogP contribution in [0.5, 0.6) is 0 Å². The van der Waals surface area contributed by atoms with Crippen LogP contribution in [0.25, 0.3) is 0 Å². The van der Waals surface area contributed by atoms with Gasteiger partial charge in [-0.1, -0.05) is 11.6 Å². The summed E-state index contributed by atoms with van der Waals surface area (Å²) in [6.45, 7) is 3.83. The first-order valence-corrected chi connectivity index (χ1v) is 9.65. The molecule has 2 rings (SSSR count). The number of carbonyl (C=O) groups is 1. The van der Waals surface area contributed by atoms with Crippen molar-refractivity contribution in [2.24, 2.45) is 0 Å². The minimum Gasteiger partial charge on any atom is -0.465 e. The molecule has 0 bridgehead atoms. The smallest absolute Gasteiger partial charge is 0.320 e. The van der Waals surface area contributed by atoms with Crippen molar-refractivity contribution in [2.45, 2.75) is 11.8 Å². The number of hydrogen-bond acceptors (Lipinski definition) is 6. The molecule has 10 heteroatoms. The first-order chi connectivity index (χ1) is 10.8. The maximum Gasteiger partial charge on any atom is 0.320 e. The molecule has 0 radical (unpaired) electrons. The van der Waals surface area contributed by atoms with Gasteiger partial charge in [-0.2, -0.15) is 4.31 Å². The summed E-state index contributed by atoms with van der Waals surface area (Å²) in [5.74, 6) is -0.297. The number of pyridine rings is 1. The van der Waals surface area contributed by atoms with E-state index in [2.05, 4.69) is 20.9 Å². The maximum absolute atomic E-state index is 12.6. The Bertz CT molecular complexity index is 678. The van der Waals surface area contributed by atoms with Gasteiger partial charge in [0.1, 0.15) is 10.0 Å². The van der Waals surface area contributed by atoms with E-state index < -0.39 is 10.0 Å².